The molecule has 0 aliphatic heterocycles. The zero-order chi connectivity index (χ0) is 13.1. The highest BCUT2D eigenvalue weighted by Gasteiger charge is 2.14. The van der Waals surface area contributed by atoms with E-state index < -0.39 is 5.91 Å². The molecule has 0 bridgehead atoms. The van der Waals surface area contributed by atoms with Crippen molar-refractivity contribution in [2.24, 2.45) is 0 Å². The van der Waals surface area contributed by atoms with Crippen molar-refractivity contribution in [3.63, 3.8) is 0 Å². The Morgan fingerprint density at radius 2 is 2.33 bits per heavy atom. The number of rotatable bonds is 2. The Bertz CT molecular complexity index is 645. The number of nitrogens with one attached hydrogen (secondary N) is 2. The van der Waals surface area contributed by atoms with Crippen molar-refractivity contribution in [1.29, 1.82) is 5.26 Å². The van der Waals surface area contributed by atoms with E-state index in [-0.39, 0.29) is 27.7 Å². The number of nitrogens with zero attached hydrogens (tertiary/aromatic N) is 2. The first kappa shape index (κ1) is 12.0. The van der Waals surface area contributed by atoms with Gasteiger partial charge in [-0.1, -0.05) is 11.6 Å². The summed E-state index contributed by atoms with van der Waals surface area (Å²) in [7, 11) is 0. The monoisotopic (exact) mass is 262 g/mol. The lowest BCUT2D eigenvalue weighted by Crippen LogP contribution is -2.13. The number of carbonyl (C=O) groups is 1. The summed E-state index contributed by atoms with van der Waals surface area (Å²) < 4.78 is 0. The number of aromatic hydroxyl groups is 1. The van der Waals surface area contributed by atoms with Crippen LogP contribution in [0.2, 0.25) is 5.02 Å². The van der Waals surface area contributed by atoms with E-state index in [1.807, 2.05) is 6.07 Å². The largest absolute Gasteiger partial charge is 0.508 e. The van der Waals surface area contributed by atoms with Gasteiger partial charge in [0.05, 0.1) is 16.8 Å². The molecule has 0 aliphatic rings. The number of halogens is 1. The van der Waals surface area contributed by atoms with Crippen LogP contribution in [0, 0.1) is 11.3 Å². The molecular weight excluding hydrogens is 256 g/mol. The van der Waals surface area contributed by atoms with Crippen LogP contribution >= 0.6 is 11.6 Å². The van der Waals surface area contributed by atoms with Gasteiger partial charge in [-0.15, -0.1) is 0 Å². The van der Waals surface area contributed by atoms with Gasteiger partial charge in [0.15, 0.2) is 0 Å². The van der Waals surface area contributed by atoms with Crippen LogP contribution in [0.4, 0.5) is 5.82 Å². The smallest absolute Gasteiger partial charge is 0.258 e. The van der Waals surface area contributed by atoms with Gasteiger partial charge >= 0.3 is 0 Å². The zero-order valence-corrected chi connectivity index (χ0v) is 9.69. The molecule has 0 spiro atoms. The van der Waals surface area contributed by atoms with Crippen LogP contribution in [-0.2, 0) is 0 Å². The highest BCUT2D eigenvalue weighted by Crippen LogP contribution is 2.22. The van der Waals surface area contributed by atoms with Gasteiger partial charge < -0.3 is 10.4 Å². The van der Waals surface area contributed by atoms with E-state index in [1.54, 1.807) is 0 Å². The molecule has 3 N–H and O–H groups in total. The molecule has 0 saturated carbocycles. The molecule has 0 fully saturated rings. The zero-order valence-electron chi connectivity index (χ0n) is 8.94. The van der Waals surface area contributed by atoms with E-state index in [0.717, 1.165) is 0 Å². The van der Waals surface area contributed by atoms with E-state index >= 15 is 0 Å². The molecule has 6 nitrogen and oxygen atoms in total. The number of amides is 1. The number of hydrogen-bond acceptors (Lipinski definition) is 4. The van der Waals surface area contributed by atoms with E-state index in [0.29, 0.717) is 0 Å². The third-order valence-corrected chi connectivity index (χ3v) is 2.52. The average molecular weight is 263 g/mol. The number of aromatic amines is 1. The van der Waals surface area contributed by atoms with E-state index in [4.69, 9.17) is 16.9 Å². The maximum atomic E-state index is 11.9. The molecule has 2 aromatic rings. The topological polar surface area (TPSA) is 102 Å². The Hall–Kier alpha value is -2.52. The highest BCUT2D eigenvalue weighted by atomic mass is 35.5. The third-order valence-electron chi connectivity index (χ3n) is 2.19. The summed E-state index contributed by atoms with van der Waals surface area (Å²) in [5, 5.41) is 26.8. The Morgan fingerprint density at radius 1 is 1.56 bits per heavy atom. The minimum atomic E-state index is -0.545. The Morgan fingerprint density at radius 3 is 3.06 bits per heavy atom. The van der Waals surface area contributed by atoms with Crippen molar-refractivity contribution in [1.82, 2.24) is 10.2 Å². The molecule has 0 saturated heterocycles. The molecule has 0 radical (unpaired) electrons. The molecule has 1 heterocycles. The van der Waals surface area contributed by atoms with Crippen molar-refractivity contribution in [3.8, 4) is 11.8 Å². The first-order valence-corrected chi connectivity index (χ1v) is 5.23. The van der Waals surface area contributed by atoms with Crippen molar-refractivity contribution in [2.45, 2.75) is 0 Å². The van der Waals surface area contributed by atoms with E-state index in [2.05, 4.69) is 15.5 Å². The standard InChI is InChI=1S/C11H7ClN4O2/c12-9-2-1-7(17)3-8(9)11(18)15-10-6(4-13)5-14-16-10/h1-3,5,17H,(H2,14,15,16,18). The lowest BCUT2D eigenvalue weighted by molar-refractivity contribution is 0.102. The summed E-state index contributed by atoms with van der Waals surface area (Å²) in [4.78, 5) is 11.9. The van der Waals surface area contributed by atoms with Gasteiger partial charge in [-0.25, -0.2) is 0 Å². The van der Waals surface area contributed by atoms with Crippen LogP contribution < -0.4 is 5.32 Å². The number of phenolic OH excluding ortho intramolecular Hbond substituents is 1. The lowest BCUT2D eigenvalue weighted by Gasteiger charge is -2.05. The van der Waals surface area contributed by atoms with Gasteiger partial charge in [0.2, 0.25) is 0 Å². The quantitative estimate of drug-likeness (QED) is 0.769. The second-order valence-corrected chi connectivity index (χ2v) is 3.80. The van der Waals surface area contributed by atoms with Crippen molar-refractivity contribution in [3.05, 3.63) is 40.5 Å². The predicted octanol–water partition coefficient (Wildman–Crippen LogP) is 1.89. The fourth-order valence-corrected chi connectivity index (χ4v) is 1.54. The van der Waals surface area contributed by atoms with Gasteiger partial charge in [-0.2, -0.15) is 10.4 Å². The Balaban J connectivity index is 2.28. The van der Waals surface area contributed by atoms with Gasteiger partial charge in [-0.3, -0.25) is 9.89 Å². The summed E-state index contributed by atoms with van der Waals surface area (Å²) in [6, 6.07) is 5.88. The van der Waals surface area contributed by atoms with Crippen LogP contribution in [0.5, 0.6) is 5.75 Å². The van der Waals surface area contributed by atoms with Crippen molar-refractivity contribution < 1.29 is 9.90 Å². The second-order valence-electron chi connectivity index (χ2n) is 3.39. The molecule has 1 aromatic carbocycles. The number of aromatic nitrogens is 2. The number of nitriles is 1. The molecule has 0 atom stereocenters. The highest BCUT2D eigenvalue weighted by molar-refractivity contribution is 6.34. The molecule has 18 heavy (non-hydrogen) atoms. The maximum absolute atomic E-state index is 11.9. The minimum absolute atomic E-state index is 0.0744. The average Bonchev–Trinajstić information content (AvgIpc) is 2.79. The van der Waals surface area contributed by atoms with E-state index in [1.165, 1.54) is 24.4 Å². The van der Waals surface area contributed by atoms with Crippen LogP contribution in [0.25, 0.3) is 0 Å². The lowest BCUT2D eigenvalue weighted by atomic mass is 10.2. The number of phenols is 1. The molecule has 7 heteroatoms. The molecule has 0 unspecified atom stereocenters. The normalized spacial score (nSPS) is 9.78. The summed E-state index contributed by atoms with van der Waals surface area (Å²) in [5.74, 6) is -0.437. The summed E-state index contributed by atoms with van der Waals surface area (Å²) in [6.45, 7) is 0. The first-order chi connectivity index (χ1) is 8.61. The van der Waals surface area contributed by atoms with Crippen molar-refractivity contribution in [2.75, 3.05) is 5.32 Å². The molecular formula is C11H7ClN4O2. The van der Waals surface area contributed by atoms with Crippen LogP contribution in [0.15, 0.2) is 24.4 Å². The van der Waals surface area contributed by atoms with Crippen LogP contribution in [0.1, 0.15) is 15.9 Å². The van der Waals surface area contributed by atoms with Gasteiger partial charge in [-0.05, 0) is 18.2 Å². The van der Waals surface area contributed by atoms with Gasteiger partial charge in [0.25, 0.3) is 5.91 Å². The molecule has 1 amide bonds. The maximum Gasteiger partial charge on any atom is 0.258 e. The Kier molecular flexibility index (Phi) is 3.17. The second kappa shape index (κ2) is 4.77. The van der Waals surface area contributed by atoms with Crippen LogP contribution in [-0.4, -0.2) is 21.2 Å². The third kappa shape index (κ3) is 2.26. The number of H-pyrrole nitrogens is 1. The molecule has 0 aliphatic carbocycles. The van der Waals surface area contributed by atoms with Gasteiger partial charge in [0.1, 0.15) is 23.2 Å². The number of carbonyl (C=O) groups excluding carboxylic acids is 1. The number of hydrogen-bond donors (Lipinski definition) is 3. The predicted molar refractivity (Wildman–Crippen MR) is 64.4 cm³/mol. The Labute approximate surface area is 107 Å². The van der Waals surface area contributed by atoms with E-state index in [9.17, 15) is 9.90 Å². The SMILES string of the molecule is N#Cc1cn[nH]c1NC(=O)c1cc(O)ccc1Cl. The number of anilines is 1. The summed E-state index contributed by atoms with van der Waals surface area (Å²) in [5.41, 5.74) is 0.315. The van der Waals surface area contributed by atoms with Crippen LogP contribution in [0.3, 0.4) is 0 Å². The fraction of sp³-hybridized carbons (Fsp3) is 0. The molecule has 1 aromatic heterocycles. The van der Waals surface area contributed by atoms with Crippen molar-refractivity contribution >= 4 is 23.3 Å². The minimum Gasteiger partial charge on any atom is -0.508 e. The first-order valence-electron chi connectivity index (χ1n) is 4.85. The summed E-state index contributed by atoms with van der Waals surface area (Å²) in [6.07, 6.45) is 1.29. The molecule has 2 rings (SSSR count). The van der Waals surface area contributed by atoms with Gasteiger partial charge in [0, 0.05) is 0 Å². The fourth-order valence-electron chi connectivity index (χ4n) is 1.33. The number of benzene rings is 1. The summed E-state index contributed by atoms with van der Waals surface area (Å²) >= 11 is 5.84. The molecule has 90 valence electrons.